The summed E-state index contributed by atoms with van der Waals surface area (Å²) in [5.41, 5.74) is 0. The van der Waals surface area contributed by atoms with Crippen molar-refractivity contribution in [1.82, 2.24) is 0 Å². The summed E-state index contributed by atoms with van der Waals surface area (Å²) < 4.78 is 10.3. The fourth-order valence-corrected chi connectivity index (χ4v) is 0. The molecule has 0 saturated heterocycles. The standard InChI is InChI=1S/CH3BFN/c1-2-4-3/h1H3. The van der Waals surface area contributed by atoms with Gasteiger partial charge in [0.05, 0.1) is 0 Å². The van der Waals surface area contributed by atoms with Crippen molar-refractivity contribution in [2.24, 2.45) is 5.12 Å². The molecule has 22 valence electrons. The van der Waals surface area contributed by atoms with Crippen LogP contribution in [0.4, 0.5) is 4.48 Å². The summed E-state index contributed by atoms with van der Waals surface area (Å²) in [6.45, 7) is 1.51. The minimum absolute atomic E-state index is 1.08. The van der Waals surface area contributed by atoms with Crippen LogP contribution in [0.2, 0.25) is 6.82 Å². The Kier molecular flexibility index (Phi) is 2.65. The summed E-state index contributed by atoms with van der Waals surface area (Å²) in [6.07, 6.45) is 0. The van der Waals surface area contributed by atoms with Crippen molar-refractivity contribution < 1.29 is 4.48 Å². The van der Waals surface area contributed by atoms with Crippen molar-refractivity contribution in [1.29, 1.82) is 0 Å². The summed E-state index contributed by atoms with van der Waals surface area (Å²) in [7, 11) is 1.08. The van der Waals surface area contributed by atoms with Crippen LogP contribution in [0.25, 0.3) is 0 Å². The molecule has 4 heavy (non-hydrogen) atoms. The van der Waals surface area contributed by atoms with Gasteiger partial charge in [-0.25, -0.2) is 0 Å². The second kappa shape index (κ2) is 2.79. The molecule has 0 saturated carbocycles. The Morgan fingerprint density at radius 2 is 2.25 bits per heavy atom. The van der Waals surface area contributed by atoms with Gasteiger partial charge in [0.15, 0.2) is 0 Å². The summed E-state index contributed by atoms with van der Waals surface area (Å²) in [4.78, 5) is 0. The van der Waals surface area contributed by atoms with Gasteiger partial charge in [0.25, 0.3) is 0 Å². The van der Waals surface area contributed by atoms with Crippen molar-refractivity contribution in [2.75, 3.05) is 0 Å². The fraction of sp³-hybridized carbons (Fsp3) is 1.00. The Morgan fingerprint density at radius 1 is 2.00 bits per heavy atom. The van der Waals surface area contributed by atoms with Crippen LogP contribution in [0.1, 0.15) is 0 Å². The van der Waals surface area contributed by atoms with E-state index in [0.29, 0.717) is 0 Å². The van der Waals surface area contributed by atoms with Crippen LogP contribution in [0.5, 0.6) is 0 Å². The average molecular weight is 58.9 g/mol. The van der Waals surface area contributed by atoms with E-state index in [-0.39, 0.29) is 0 Å². The van der Waals surface area contributed by atoms with E-state index in [0.717, 1.165) is 7.07 Å². The third-order valence-corrected chi connectivity index (χ3v) is 0.0976. The zero-order valence-electron chi connectivity index (χ0n) is 2.40. The summed E-state index contributed by atoms with van der Waals surface area (Å²) >= 11 is 0. The Balaban J connectivity index is 2.55. The van der Waals surface area contributed by atoms with E-state index in [9.17, 15) is 4.48 Å². The van der Waals surface area contributed by atoms with Gasteiger partial charge in [0.1, 0.15) is 0 Å². The monoisotopic (exact) mass is 59.0 g/mol. The van der Waals surface area contributed by atoms with Crippen molar-refractivity contribution in [3.63, 3.8) is 0 Å². The normalized spacial score (nSPS) is 7.50. The molecule has 0 aliphatic heterocycles. The third-order valence-electron chi connectivity index (χ3n) is 0.0976. The molecule has 0 fully saturated rings. The van der Waals surface area contributed by atoms with Crippen LogP contribution in [-0.2, 0) is 0 Å². The second-order valence-electron chi connectivity index (χ2n) is 0.356. The van der Waals surface area contributed by atoms with Crippen molar-refractivity contribution >= 4 is 7.07 Å². The fourth-order valence-electron chi connectivity index (χ4n) is 0. The van der Waals surface area contributed by atoms with Gasteiger partial charge in [-0.1, -0.05) is 0 Å². The molecule has 0 aromatic rings. The van der Waals surface area contributed by atoms with Crippen molar-refractivity contribution in [3.8, 4) is 0 Å². The van der Waals surface area contributed by atoms with E-state index >= 15 is 0 Å². The van der Waals surface area contributed by atoms with Crippen LogP contribution < -0.4 is 0 Å². The van der Waals surface area contributed by atoms with E-state index in [1.165, 1.54) is 6.82 Å². The maximum atomic E-state index is 10.3. The van der Waals surface area contributed by atoms with Gasteiger partial charge in [-0.3, -0.25) is 0 Å². The predicted molar refractivity (Wildman–Crippen MR) is 15.2 cm³/mol. The maximum absolute atomic E-state index is 10.3. The van der Waals surface area contributed by atoms with Gasteiger partial charge in [-0.15, -0.1) is 0 Å². The van der Waals surface area contributed by atoms with E-state index in [4.69, 9.17) is 0 Å². The number of halogens is 1. The molecular formula is CH3BFN. The first-order valence-corrected chi connectivity index (χ1v) is 1.00. The van der Waals surface area contributed by atoms with E-state index in [1.54, 1.807) is 0 Å². The van der Waals surface area contributed by atoms with Crippen molar-refractivity contribution in [3.05, 3.63) is 0 Å². The van der Waals surface area contributed by atoms with Crippen molar-refractivity contribution in [2.45, 2.75) is 6.82 Å². The van der Waals surface area contributed by atoms with Crippen LogP contribution in [0.3, 0.4) is 0 Å². The molecule has 0 aliphatic carbocycles. The van der Waals surface area contributed by atoms with Gasteiger partial charge in [0.2, 0.25) is 0 Å². The molecule has 0 amide bonds. The number of rotatable bonds is 0. The molecular weight excluding hydrogens is 55.8 g/mol. The molecule has 0 atom stereocenters. The molecule has 0 aliphatic rings. The first kappa shape index (κ1) is 3.79. The first-order valence-electron chi connectivity index (χ1n) is 1.00. The molecule has 3 heteroatoms. The molecule has 0 rings (SSSR count). The average Bonchev–Trinajstić information content (AvgIpc) is 1.37. The van der Waals surface area contributed by atoms with Crippen LogP contribution in [0, 0.1) is 0 Å². The van der Waals surface area contributed by atoms with Crippen LogP contribution in [-0.4, -0.2) is 7.07 Å². The van der Waals surface area contributed by atoms with E-state index < -0.39 is 0 Å². The molecule has 0 unspecified atom stereocenters. The minimum atomic E-state index is 1.08. The zero-order chi connectivity index (χ0) is 3.41. The Hall–Kier alpha value is -0.205. The Morgan fingerprint density at radius 3 is 2.25 bits per heavy atom. The number of hydrogen-bond donors (Lipinski definition) is 0. The SMILES string of the molecule is C/B=N/F. The quantitative estimate of drug-likeness (QED) is 0.366. The number of nitrogens with zero attached hydrogens (tertiary/aromatic N) is 1. The first-order chi connectivity index (χ1) is 1.91. The van der Waals surface area contributed by atoms with Gasteiger partial charge < -0.3 is 0 Å². The zero-order valence-corrected chi connectivity index (χ0v) is 2.40. The molecule has 0 radical (unpaired) electrons. The Labute approximate surface area is 24.7 Å². The molecule has 0 aromatic carbocycles. The molecule has 0 bridgehead atoms. The number of hydrogen-bond acceptors (Lipinski definition) is 1. The van der Waals surface area contributed by atoms with Gasteiger partial charge >= 0.3 is 23.5 Å². The molecule has 0 spiro atoms. The predicted octanol–water partition coefficient (Wildman–Crippen LogP) is 0.807. The summed E-state index contributed by atoms with van der Waals surface area (Å²) in [5, 5.41) is 2.11. The topological polar surface area (TPSA) is 12.4 Å². The van der Waals surface area contributed by atoms with E-state index in [2.05, 4.69) is 5.12 Å². The van der Waals surface area contributed by atoms with Crippen LogP contribution >= 0.6 is 0 Å². The van der Waals surface area contributed by atoms with Gasteiger partial charge in [-0.05, 0) is 0 Å². The van der Waals surface area contributed by atoms with Crippen LogP contribution in [0.15, 0.2) is 5.12 Å². The second-order valence-corrected chi connectivity index (χ2v) is 0.356. The molecule has 1 nitrogen and oxygen atoms in total. The molecule has 0 N–H and O–H groups in total. The van der Waals surface area contributed by atoms with E-state index in [1.807, 2.05) is 0 Å². The Bertz CT molecular complexity index is 23.2. The third kappa shape index (κ3) is 1.79. The molecule has 0 heterocycles. The summed E-state index contributed by atoms with van der Waals surface area (Å²) in [5.74, 6) is 0. The van der Waals surface area contributed by atoms with Gasteiger partial charge in [-0.2, -0.15) is 0 Å². The summed E-state index contributed by atoms with van der Waals surface area (Å²) in [6, 6.07) is 0. The van der Waals surface area contributed by atoms with Gasteiger partial charge in [0, 0.05) is 0 Å². The molecule has 0 aromatic heterocycles.